The van der Waals surface area contributed by atoms with E-state index in [0.717, 1.165) is 33.2 Å². The summed E-state index contributed by atoms with van der Waals surface area (Å²) in [6.07, 6.45) is 1.85. The molecule has 0 saturated carbocycles. The fourth-order valence-electron chi connectivity index (χ4n) is 3.41. The van der Waals surface area contributed by atoms with Gasteiger partial charge in [-0.15, -0.1) is 0 Å². The number of benzene rings is 4. The van der Waals surface area contributed by atoms with Gasteiger partial charge in [0.25, 0.3) is 0 Å². The Morgan fingerprint density at radius 2 is 1.67 bits per heavy atom. The number of fused-ring (bicyclic) bond motifs is 1. The van der Waals surface area contributed by atoms with Crippen LogP contribution in [0.2, 0.25) is 5.02 Å². The van der Waals surface area contributed by atoms with Crippen molar-refractivity contribution in [3.8, 4) is 11.5 Å². The van der Waals surface area contributed by atoms with Crippen LogP contribution in [0.15, 0.2) is 90.0 Å². The summed E-state index contributed by atoms with van der Waals surface area (Å²) in [5, 5.41) is 6.93. The average Bonchev–Trinajstić information content (AvgIpc) is 2.84. The van der Waals surface area contributed by atoms with Crippen molar-refractivity contribution in [1.29, 1.82) is 0 Å². The second-order valence-electron chi connectivity index (χ2n) is 7.43. The lowest BCUT2D eigenvalue weighted by atomic mass is 10.0. The van der Waals surface area contributed by atoms with E-state index in [1.165, 1.54) is 0 Å². The SMILES string of the molecule is COc1ccc(CC(=O)N/N=C\c2c(OCc3ccc(Cl)cc3)ccc3ccccc23)cc1. The van der Waals surface area contributed by atoms with Crippen molar-refractivity contribution in [3.05, 3.63) is 107 Å². The van der Waals surface area contributed by atoms with Gasteiger partial charge in [0.2, 0.25) is 5.91 Å². The standard InChI is InChI=1S/C27H23ClN2O3/c1-32-23-13-8-19(9-14-23)16-27(31)30-29-17-25-24-5-3-2-4-21(24)10-15-26(25)33-18-20-6-11-22(28)12-7-20/h2-15,17H,16,18H2,1H3,(H,30,31)/b29-17-. The minimum atomic E-state index is -0.208. The Balaban J connectivity index is 1.49. The summed E-state index contributed by atoms with van der Waals surface area (Å²) >= 11 is 5.97. The molecule has 0 aliphatic carbocycles. The van der Waals surface area contributed by atoms with E-state index in [1.54, 1.807) is 13.3 Å². The number of halogens is 1. The summed E-state index contributed by atoms with van der Waals surface area (Å²) in [5.74, 6) is 1.22. The number of nitrogens with zero attached hydrogens (tertiary/aromatic N) is 1. The zero-order chi connectivity index (χ0) is 23.0. The predicted octanol–water partition coefficient (Wildman–Crippen LogP) is 5.77. The van der Waals surface area contributed by atoms with E-state index in [2.05, 4.69) is 10.5 Å². The van der Waals surface area contributed by atoms with Gasteiger partial charge in [-0.1, -0.05) is 66.2 Å². The van der Waals surface area contributed by atoms with Crippen molar-refractivity contribution in [2.45, 2.75) is 13.0 Å². The molecule has 4 aromatic rings. The number of carbonyl (C=O) groups excluding carboxylic acids is 1. The molecular formula is C27H23ClN2O3. The van der Waals surface area contributed by atoms with E-state index in [9.17, 15) is 4.79 Å². The molecule has 0 aliphatic rings. The minimum Gasteiger partial charge on any atom is -0.497 e. The zero-order valence-corrected chi connectivity index (χ0v) is 18.9. The third kappa shape index (κ3) is 5.90. The second-order valence-corrected chi connectivity index (χ2v) is 7.87. The molecule has 0 fully saturated rings. The van der Waals surface area contributed by atoms with Crippen LogP contribution in [-0.2, 0) is 17.8 Å². The Labute approximate surface area is 197 Å². The van der Waals surface area contributed by atoms with Crippen LogP contribution in [0.5, 0.6) is 11.5 Å². The first kappa shape index (κ1) is 22.4. The molecule has 1 N–H and O–H groups in total. The largest absolute Gasteiger partial charge is 0.497 e. The van der Waals surface area contributed by atoms with E-state index in [1.807, 2.05) is 84.9 Å². The fraction of sp³-hybridized carbons (Fsp3) is 0.111. The molecule has 0 bridgehead atoms. The highest BCUT2D eigenvalue weighted by Crippen LogP contribution is 2.27. The summed E-state index contributed by atoms with van der Waals surface area (Å²) in [6, 6.07) is 26.8. The Morgan fingerprint density at radius 3 is 2.42 bits per heavy atom. The molecule has 0 saturated heterocycles. The van der Waals surface area contributed by atoms with Gasteiger partial charge in [0.05, 0.1) is 19.7 Å². The highest BCUT2D eigenvalue weighted by Gasteiger charge is 2.09. The molecule has 0 radical (unpaired) electrons. The highest BCUT2D eigenvalue weighted by atomic mass is 35.5. The van der Waals surface area contributed by atoms with Crippen molar-refractivity contribution in [2.24, 2.45) is 5.10 Å². The lowest BCUT2D eigenvalue weighted by Gasteiger charge is -2.12. The number of hydrazone groups is 1. The van der Waals surface area contributed by atoms with Crippen LogP contribution in [0.25, 0.3) is 10.8 Å². The molecule has 0 aliphatic heterocycles. The van der Waals surface area contributed by atoms with Crippen molar-refractivity contribution < 1.29 is 14.3 Å². The summed E-state index contributed by atoms with van der Waals surface area (Å²) in [7, 11) is 1.61. The third-order valence-corrected chi connectivity index (χ3v) is 5.40. The van der Waals surface area contributed by atoms with Gasteiger partial charge in [-0.05, 0) is 52.2 Å². The first-order chi connectivity index (χ1) is 16.1. The number of carbonyl (C=O) groups is 1. The van der Waals surface area contributed by atoms with E-state index in [4.69, 9.17) is 21.1 Å². The monoisotopic (exact) mass is 458 g/mol. The molecule has 1 amide bonds. The van der Waals surface area contributed by atoms with Crippen LogP contribution in [0.1, 0.15) is 16.7 Å². The van der Waals surface area contributed by atoms with Gasteiger partial charge >= 0.3 is 0 Å². The zero-order valence-electron chi connectivity index (χ0n) is 18.1. The minimum absolute atomic E-state index is 0.208. The summed E-state index contributed by atoms with van der Waals surface area (Å²) in [4.78, 5) is 12.3. The van der Waals surface area contributed by atoms with Gasteiger partial charge in [0, 0.05) is 10.6 Å². The molecule has 33 heavy (non-hydrogen) atoms. The number of nitrogens with one attached hydrogen (secondary N) is 1. The second kappa shape index (κ2) is 10.7. The molecule has 0 aromatic heterocycles. The van der Waals surface area contributed by atoms with E-state index < -0.39 is 0 Å². The van der Waals surface area contributed by atoms with Crippen LogP contribution in [-0.4, -0.2) is 19.2 Å². The first-order valence-electron chi connectivity index (χ1n) is 10.5. The molecular weight excluding hydrogens is 436 g/mol. The third-order valence-electron chi connectivity index (χ3n) is 5.14. The van der Waals surface area contributed by atoms with Crippen molar-refractivity contribution in [3.63, 3.8) is 0 Å². The number of rotatable bonds is 8. The van der Waals surface area contributed by atoms with E-state index in [-0.39, 0.29) is 12.3 Å². The Morgan fingerprint density at radius 1 is 0.939 bits per heavy atom. The van der Waals surface area contributed by atoms with Gasteiger partial charge in [-0.3, -0.25) is 4.79 Å². The highest BCUT2D eigenvalue weighted by molar-refractivity contribution is 6.30. The maximum atomic E-state index is 12.3. The maximum absolute atomic E-state index is 12.3. The molecule has 0 unspecified atom stereocenters. The number of hydrogen-bond acceptors (Lipinski definition) is 4. The molecule has 4 aromatic carbocycles. The quantitative estimate of drug-likeness (QED) is 0.269. The molecule has 4 rings (SSSR count). The molecule has 0 spiro atoms. The van der Waals surface area contributed by atoms with Gasteiger partial charge in [0.1, 0.15) is 18.1 Å². The van der Waals surface area contributed by atoms with Crippen LogP contribution in [0.3, 0.4) is 0 Å². The molecule has 0 atom stereocenters. The van der Waals surface area contributed by atoms with E-state index in [0.29, 0.717) is 17.4 Å². The lowest BCUT2D eigenvalue weighted by molar-refractivity contribution is -0.120. The molecule has 6 heteroatoms. The van der Waals surface area contributed by atoms with Gasteiger partial charge < -0.3 is 9.47 Å². The van der Waals surface area contributed by atoms with Gasteiger partial charge in [-0.25, -0.2) is 5.43 Å². The van der Waals surface area contributed by atoms with E-state index >= 15 is 0 Å². The van der Waals surface area contributed by atoms with Crippen molar-refractivity contribution >= 4 is 34.5 Å². The molecule has 0 heterocycles. The Kier molecular flexibility index (Phi) is 7.22. The van der Waals surface area contributed by atoms with Crippen molar-refractivity contribution in [2.75, 3.05) is 7.11 Å². The van der Waals surface area contributed by atoms with Crippen LogP contribution in [0.4, 0.5) is 0 Å². The Bertz CT molecular complexity index is 1270. The van der Waals surface area contributed by atoms with Gasteiger partial charge in [0.15, 0.2) is 0 Å². The number of ether oxygens (including phenoxy) is 2. The Hall–Kier alpha value is -3.83. The smallest absolute Gasteiger partial charge is 0.244 e. The van der Waals surface area contributed by atoms with Crippen LogP contribution >= 0.6 is 11.6 Å². The number of amides is 1. The maximum Gasteiger partial charge on any atom is 0.244 e. The average molecular weight is 459 g/mol. The lowest BCUT2D eigenvalue weighted by Crippen LogP contribution is -2.19. The first-order valence-corrected chi connectivity index (χ1v) is 10.8. The predicted molar refractivity (Wildman–Crippen MR) is 132 cm³/mol. The molecule has 166 valence electrons. The van der Waals surface area contributed by atoms with Crippen molar-refractivity contribution in [1.82, 2.24) is 5.43 Å². The normalized spacial score (nSPS) is 11.0. The van der Waals surface area contributed by atoms with Crippen LogP contribution < -0.4 is 14.9 Å². The van der Waals surface area contributed by atoms with Gasteiger partial charge in [-0.2, -0.15) is 5.10 Å². The fourth-order valence-corrected chi connectivity index (χ4v) is 3.54. The number of methoxy groups -OCH3 is 1. The topological polar surface area (TPSA) is 59.9 Å². The molecule has 5 nitrogen and oxygen atoms in total. The van der Waals surface area contributed by atoms with Crippen LogP contribution in [0, 0.1) is 0 Å². The summed E-state index contributed by atoms with van der Waals surface area (Å²) in [6.45, 7) is 0.389. The summed E-state index contributed by atoms with van der Waals surface area (Å²) in [5.41, 5.74) is 5.29. The summed E-state index contributed by atoms with van der Waals surface area (Å²) < 4.78 is 11.2. The number of hydrogen-bond donors (Lipinski definition) is 1.